The predicted octanol–water partition coefficient (Wildman–Crippen LogP) is 1.08. The standard InChI is InChI=1S/C9H18N2OS/c1-6(2)8(5-7(3)12)11-9(13)10-4/h6,8H,5H2,1-4H3,(H2,10,11,13). The Morgan fingerprint density at radius 2 is 2.00 bits per heavy atom. The summed E-state index contributed by atoms with van der Waals surface area (Å²) in [5.74, 6) is 0.584. The third-order valence-corrected chi connectivity index (χ3v) is 2.18. The Labute approximate surface area is 85.3 Å². The van der Waals surface area contributed by atoms with E-state index in [1.807, 2.05) is 0 Å². The van der Waals surface area contributed by atoms with Gasteiger partial charge in [-0.1, -0.05) is 13.8 Å². The molecule has 0 aliphatic carbocycles. The van der Waals surface area contributed by atoms with Crippen molar-refractivity contribution in [1.82, 2.24) is 10.6 Å². The van der Waals surface area contributed by atoms with Gasteiger partial charge in [0.1, 0.15) is 5.78 Å². The van der Waals surface area contributed by atoms with Gasteiger partial charge in [-0.05, 0) is 25.1 Å². The molecule has 0 aromatic rings. The summed E-state index contributed by atoms with van der Waals surface area (Å²) in [5.41, 5.74) is 0. The zero-order valence-electron chi connectivity index (χ0n) is 8.68. The van der Waals surface area contributed by atoms with Crippen LogP contribution in [0.5, 0.6) is 0 Å². The number of nitrogens with one attached hydrogen (secondary N) is 2. The Morgan fingerprint density at radius 3 is 2.31 bits per heavy atom. The maximum absolute atomic E-state index is 10.9. The highest BCUT2D eigenvalue weighted by atomic mass is 32.1. The van der Waals surface area contributed by atoms with Gasteiger partial charge in [0.05, 0.1) is 0 Å². The molecule has 0 saturated heterocycles. The SMILES string of the molecule is CNC(=S)NC(CC(C)=O)C(C)C. The van der Waals surface area contributed by atoms with Gasteiger partial charge < -0.3 is 10.6 Å². The molecule has 0 aromatic carbocycles. The number of Topliss-reactive ketones (excluding diaryl/α,β-unsaturated/α-hetero) is 1. The second kappa shape index (κ2) is 5.91. The Balaban J connectivity index is 4.09. The average Bonchev–Trinajstić information content (AvgIpc) is 2.02. The summed E-state index contributed by atoms with van der Waals surface area (Å²) in [6.45, 7) is 5.73. The maximum atomic E-state index is 10.9. The van der Waals surface area contributed by atoms with Crippen molar-refractivity contribution in [3.8, 4) is 0 Å². The lowest BCUT2D eigenvalue weighted by Gasteiger charge is -2.22. The van der Waals surface area contributed by atoms with Crippen LogP contribution in [0.3, 0.4) is 0 Å². The van der Waals surface area contributed by atoms with E-state index in [0.29, 0.717) is 17.5 Å². The third-order valence-electron chi connectivity index (χ3n) is 1.86. The summed E-state index contributed by atoms with van der Waals surface area (Å²) in [5, 5.41) is 6.53. The van der Waals surface area contributed by atoms with Gasteiger partial charge in [-0.25, -0.2) is 0 Å². The molecule has 1 atom stereocenters. The number of hydrogen-bond donors (Lipinski definition) is 2. The van der Waals surface area contributed by atoms with E-state index >= 15 is 0 Å². The number of carbonyl (C=O) groups is 1. The van der Waals surface area contributed by atoms with Crippen LogP contribution < -0.4 is 10.6 Å². The molecule has 0 radical (unpaired) electrons. The second-order valence-electron chi connectivity index (χ2n) is 3.48. The zero-order chi connectivity index (χ0) is 10.4. The summed E-state index contributed by atoms with van der Waals surface area (Å²) in [6.07, 6.45) is 0.527. The van der Waals surface area contributed by atoms with Crippen molar-refractivity contribution in [3.05, 3.63) is 0 Å². The third kappa shape index (κ3) is 5.58. The minimum atomic E-state index is 0.137. The zero-order valence-corrected chi connectivity index (χ0v) is 9.49. The first kappa shape index (κ1) is 12.4. The second-order valence-corrected chi connectivity index (χ2v) is 3.89. The fourth-order valence-corrected chi connectivity index (χ4v) is 1.16. The molecular formula is C9H18N2OS. The van der Waals surface area contributed by atoms with Crippen LogP contribution in [0.1, 0.15) is 27.2 Å². The molecule has 0 amide bonds. The number of thiocarbonyl (C=S) groups is 1. The predicted molar refractivity (Wildman–Crippen MR) is 58.7 cm³/mol. The van der Waals surface area contributed by atoms with E-state index in [9.17, 15) is 4.79 Å². The molecule has 0 aliphatic heterocycles. The molecule has 0 rings (SSSR count). The van der Waals surface area contributed by atoms with Crippen molar-refractivity contribution in [2.75, 3.05) is 7.05 Å². The number of rotatable bonds is 4. The highest BCUT2D eigenvalue weighted by molar-refractivity contribution is 7.80. The van der Waals surface area contributed by atoms with Crippen molar-refractivity contribution in [3.63, 3.8) is 0 Å². The molecule has 2 N–H and O–H groups in total. The van der Waals surface area contributed by atoms with Crippen molar-refractivity contribution in [1.29, 1.82) is 0 Å². The van der Waals surface area contributed by atoms with Crippen molar-refractivity contribution >= 4 is 23.1 Å². The normalized spacial score (nSPS) is 12.4. The van der Waals surface area contributed by atoms with E-state index in [4.69, 9.17) is 12.2 Å². The van der Waals surface area contributed by atoms with Gasteiger partial charge in [-0.15, -0.1) is 0 Å². The van der Waals surface area contributed by atoms with E-state index in [1.54, 1.807) is 14.0 Å². The molecule has 0 aliphatic rings. The lowest BCUT2D eigenvalue weighted by molar-refractivity contribution is -0.117. The molecular weight excluding hydrogens is 184 g/mol. The monoisotopic (exact) mass is 202 g/mol. The Morgan fingerprint density at radius 1 is 1.46 bits per heavy atom. The number of carbonyl (C=O) groups excluding carboxylic acids is 1. The van der Waals surface area contributed by atoms with Crippen LogP contribution in [0.25, 0.3) is 0 Å². The van der Waals surface area contributed by atoms with Gasteiger partial charge in [0.2, 0.25) is 0 Å². The summed E-state index contributed by atoms with van der Waals surface area (Å²) in [4.78, 5) is 10.9. The number of hydrogen-bond acceptors (Lipinski definition) is 2. The van der Waals surface area contributed by atoms with E-state index in [-0.39, 0.29) is 11.8 Å². The van der Waals surface area contributed by atoms with Crippen LogP contribution in [0.2, 0.25) is 0 Å². The van der Waals surface area contributed by atoms with E-state index < -0.39 is 0 Å². The van der Waals surface area contributed by atoms with E-state index in [1.165, 1.54) is 0 Å². The minimum absolute atomic E-state index is 0.137. The fraction of sp³-hybridized carbons (Fsp3) is 0.778. The first-order chi connectivity index (χ1) is 5.97. The molecule has 76 valence electrons. The van der Waals surface area contributed by atoms with Crippen LogP contribution in [-0.2, 0) is 4.79 Å². The Hall–Kier alpha value is -0.640. The summed E-state index contributed by atoms with van der Waals surface area (Å²) in [6, 6.07) is 0.137. The molecule has 1 unspecified atom stereocenters. The van der Waals surface area contributed by atoms with Crippen molar-refractivity contribution < 1.29 is 4.79 Å². The van der Waals surface area contributed by atoms with Gasteiger partial charge >= 0.3 is 0 Å². The quantitative estimate of drug-likeness (QED) is 0.669. The van der Waals surface area contributed by atoms with E-state index in [2.05, 4.69) is 24.5 Å². The summed E-state index contributed by atoms with van der Waals surface area (Å²) >= 11 is 4.97. The largest absolute Gasteiger partial charge is 0.366 e. The minimum Gasteiger partial charge on any atom is -0.366 e. The van der Waals surface area contributed by atoms with Crippen LogP contribution in [0, 0.1) is 5.92 Å². The Kier molecular flexibility index (Phi) is 5.62. The van der Waals surface area contributed by atoms with Crippen LogP contribution >= 0.6 is 12.2 Å². The topological polar surface area (TPSA) is 41.1 Å². The molecule has 13 heavy (non-hydrogen) atoms. The van der Waals surface area contributed by atoms with Gasteiger partial charge in [-0.2, -0.15) is 0 Å². The number of ketones is 1. The molecule has 0 saturated carbocycles. The van der Waals surface area contributed by atoms with Gasteiger partial charge in [0.15, 0.2) is 5.11 Å². The molecule has 0 heterocycles. The first-order valence-corrected chi connectivity index (χ1v) is 4.86. The lowest BCUT2D eigenvalue weighted by atomic mass is 9.99. The summed E-state index contributed by atoms with van der Waals surface area (Å²) in [7, 11) is 1.76. The van der Waals surface area contributed by atoms with Crippen molar-refractivity contribution in [2.24, 2.45) is 5.92 Å². The first-order valence-electron chi connectivity index (χ1n) is 4.45. The Bertz CT molecular complexity index is 192. The van der Waals surface area contributed by atoms with Crippen LogP contribution in [0.15, 0.2) is 0 Å². The molecule has 4 heteroatoms. The molecule has 3 nitrogen and oxygen atoms in total. The van der Waals surface area contributed by atoms with Gasteiger partial charge in [0, 0.05) is 19.5 Å². The molecule has 0 fully saturated rings. The van der Waals surface area contributed by atoms with Gasteiger partial charge in [0.25, 0.3) is 0 Å². The fourth-order valence-electron chi connectivity index (χ4n) is 1.00. The molecule has 0 bridgehead atoms. The summed E-state index contributed by atoms with van der Waals surface area (Å²) < 4.78 is 0. The lowest BCUT2D eigenvalue weighted by Crippen LogP contribution is -2.43. The highest BCUT2D eigenvalue weighted by Crippen LogP contribution is 2.06. The van der Waals surface area contributed by atoms with Gasteiger partial charge in [-0.3, -0.25) is 4.79 Å². The van der Waals surface area contributed by atoms with E-state index in [0.717, 1.165) is 0 Å². The highest BCUT2D eigenvalue weighted by Gasteiger charge is 2.15. The molecule has 0 spiro atoms. The van der Waals surface area contributed by atoms with Crippen molar-refractivity contribution in [2.45, 2.75) is 33.2 Å². The van der Waals surface area contributed by atoms with Crippen LogP contribution in [0.4, 0.5) is 0 Å². The van der Waals surface area contributed by atoms with Crippen LogP contribution in [-0.4, -0.2) is 24.0 Å². The average molecular weight is 202 g/mol. The smallest absolute Gasteiger partial charge is 0.166 e. The molecule has 0 aromatic heterocycles. The maximum Gasteiger partial charge on any atom is 0.166 e.